The Morgan fingerprint density at radius 1 is 1.05 bits per heavy atom. The SMILES string of the molecule is CC(C)C(NS(=O)(=O)N(C)C)c1ccc(C(C)(C)C)cc1. The van der Waals surface area contributed by atoms with Crippen LogP contribution in [0.5, 0.6) is 0 Å². The van der Waals surface area contributed by atoms with Crippen LogP contribution in [0.3, 0.4) is 0 Å². The first-order chi connectivity index (χ1) is 9.45. The molecule has 0 radical (unpaired) electrons. The Balaban J connectivity index is 3.08. The smallest absolute Gasteiger partial charge is 0.195 e. The van der Waals surface area contributed by atoms with Gasteiger partial charge in [0, 0.05) is 14.1 Å². The van der Waals surface area contributed by atoms with Crippen molar-refractivity contribution in [3.8, 4) is 0 Å². The molecule has 0 fully saturated rings. The molecule has 0 aliphatic heterocycles. The summed E-state index contributed by atoms with van der Waals surface area (Å²) in [6.07, 6.45) is 0. The zero-order chi connectivity index (χ0) is 16.4. The fraction of sp³-hybridized carbons (Fsp3) is 0.625. The van der Waals surface area contributed by atoms with E-state index in [-0.39, 0.29) is 17.4 Å². The molecule has 1 rings (SSSR count). The van der Waals surface area contributed by atoms with E-state index in [4.69, 9.17) is 0 Å². The van der Waals surface area contributed by atoms with E-state index in [1.807, 2.05) is 26.0 Å². The fourth-order valence-corrected chi connectivity index (χ4v) is 2.99. The van der Waals surface area contributed by atoms with E-state index in [0.717, 1.165) is 5.56 Å². The van der Waals surface area contributed by atoms with Crippen molar-refractivity contribution in [1.82, 2.24) is 9.03 Å². The van der Waals surface area contributed by atoms with Gasteiger partial charge in [-0.15, -0.1) is 0 Å². The van der Waals surface area contributed by atoms with Crippen LogP contribution in [0.25, 0.3) is 0 Å². The second-order valence-corrected chi connectivity index (χ2v) is 8.92. The summed E-state index contributed by atoms with van der Waals surface area (Å²) < 4.78 is 28.1. The summed E-state index contributed by atoms with van der Waals surface area (Å²) in [6, 6.07) is 7.96. The molecule has 1 atom stereocenters. The van der Waals surface area contributed by atoms with Crippen LogP contribution in [0.15, 0.2) is 24.3 Å². The third kappa shape index (κ3) is 4.80. The maximum absolute atomic E-state index is 12.1. The highest BCUT2D eigenvalue weighted by atomic mass is 32.2. The zero-order valence-electron chi connectivity index (χ0n) is 14.1. The Bertz CT molecular complexity index is 555. The van der Waals surface area contributed by atoms with Crippen molar-refractivity contribution in [3.63, 3.8) is 0 Å². The van der Waals surface area contributed by atoms with Crippen LogP contribution in [0.2, 0.25) is 0 Å². The number of hydrogen-bond donors (Lipinski definition) is 1. The van der Waals surface area contributed by atoms with Gasteiger partial charge in [0.05, 0.1) is 6.04 Å². The predicted octanol–water partition coefficient (Wildman–Crippen LogP) is 3.08. The molecule has 0 saturated heterocycles. The minimum Gasteiger partial charge on any atom is -0.195 e. The Hall–Kier alpha value is -0.910. The molecule has 0 heterocycles. The molecule has 4 nitrogen and oxygen atoms in total. The summed E-state index contributed by atoms with van der Waals surface area (Å²) in [6.45, 7) is 10.5. The van der Waals surface area contributed by atoms with E-state index >= 15 is 0 Å². The normalized spacial score (nSPS) is 14.7. The van der Waals surface area contributed by atoms with Gasteiger partial charge in [-0.25, -0.2) is 0 Å². The Morgan fingerprint density at radius 3 is 1.86 bits per heavy atom. The molecule has 0 aliphatic rings. The maximum atomic E-state index is 12.1. The summed E-state index contributed by atoms with van der Waals surface area (Å²) >= 11 is 0. The van der Waals surface area contributed by atoms with Crippen molar-refractivity contribution in [2.75, 3.05) is 14.1 Å². The van der Waals surface area contributed by atoms with E-state index in [1.54, 1.807) is 0 Å². The Labute approximate surface area is 129 Å². The van der Waals surface area contributed by atoms with Crippen molar-refractivity contribution in [3.05, 3.63) is 35.4 Å². The number of rotatable bonds is 5. The van der Waals surface area contributed by atoms with Crippen molar-refractivity contribution in [2.45, 2.75) is 46.1 Å². The average Bonchev–Trinajstić information content (AvgIpc) is 2.34. The first-order valence-electron chi connectivity index (χ1n) is 7.25. The molecule has 1 aromatic carbocycles. The van der Waals surface area contributed by atoms with E-state index < -0.39 is 10.2 Å². The quantitative estimate of drug-likeness (QED) is 0.908. The van der Waals surface area contributed by atoms with Gasteiger partial charge in [0.25, 0.3) is 10.2 Å². The lowest BCUT2D eigenvalue weighted by molar-refractivity contribution is 0.437. The van der Waals surface area contributed by atoms with Gasteiger partial charge in [0.15, 0.2) is 0 Å². The summed E-state index contributed by atoms with van der Waals surface area (Å²) in [7, 11) is -0.385. The Morgan fingerprint density at radius 2 is 1.52 bits per heavy atom. The molecule has 0 saturated carbocycles. The van der Waals surface area contributed by atoms with Crippen LogP contribution in [0, 0.1) is 5.92 Å². The van der Waals surface area contributed by atoms with Crippen LogP contribution < -0.4 is 4.72 Å². The Kier molecular flexibility index (Phi) is 5.58. The third-order valence-corrected chi connectivity index (χ3v) is 5.07. The molecule has 1 N–H and O–H groups in total. The summed E-state index contributed by atoms with van der Waals surface area (Å²) in [5, 5.41) is 0. The number of nitrogens with zero attached hydrogens (tertiary/aromatic N) is 1. The van der Waals surface area contributed by atoms with Crippen LogP contribution in [0.4, 0.5) is 0 Å². The lowest BCUT2D eigenvalue weighted by atomic mass is 9.85. The molecule has 0 amide bonds. The third-order valence-electron chi connectivity index (χ3n) is 3.56. The summed E-state index contributed by atoms with van der Waals surface area (Å²) in [5.74, 6) is 0.167. The first-order valence-corrected chi connectivity index (χ1v) is 8.69. The highest BCUT2D eigenvalue weighted by molar-refractivity contribution is 7.87. The number of hydrogen-bond acceptors (Lipinski definition) is 2. The molecular formula is C16H28N2O2S. The highest BCUT2D eigenvalue weighted by Crippen LogP contribution is 2.27. The lowest BCUT2D eigenvalue weighted by Gasteiger charge is -2.26. The van der Waals surface area contributed by atoms with Gasteiger partial charge in [-0.1, -0.05) is 58.9 Å². The maximum Gasteiger partial charge on any atom is 0.279 e. The fourth-order valence-electron chi connectivity index (χ4n) is 2.05. The van der Waals surface area contributed by atoms with Crippen molar-refractivity contribution in [1.29, 1.82) is 0 Å². The zero-order valence-corrected chi connectivity index (χ0v) is 15.0. The van der Waals surface area contributed by atoms with Gasteiger partial charge in [0.2, 0.25) is 0 Å². The van der Waals surface area contributed by atoms with E-state index in [9.17, 15) is 8.42 Å². The van der Waals surface area contributed by atoms with E-state index in [1.165, 1.54) is 24.0 Å². The average molecular weight is 312 g/mol. The second-order valence-electron chi connectivity index (χ2n) is 7.00. The number of benzene rings is 1. The summed E-state index contributed by atoms with van der Waals surface area (Å²) in [5.41, 5.74) is 2.32. The largest absolute Gasteiger partial charge is 0.279 e. The molecule has 120 valence electrons. The minimum absolute atomic E-state index is 0.0923. The molecule has 0 aromatic heterocycles. The van der Waals surface area contributed by atoms with Crippen molar-refractivity contribution in [2.24, 2.45) is 5.92 Å². The van der Waals surface area contributed by atoms with Gasteiger partial charge < -0.3 is 0 Å². The van der Waals surface area contributed by atoms with Gasteiger partial charge in [-0.3, -0.25) is 0 Å². The molecule has 0 aliphatic carbocycles. The van der Waals surface area contributed by atoms with Crippen LogP contribution in [-0.4, -0.2) is 26.8 Å². The molecule has 21 heavy (non-hydrogen) atoms. The molecule has 0 bridgehead atoms. The lowest BCUT2D eigenvalue weighted by Crippen LogP contribution is -2.39. The molecular weight excluding hydrogens is 284 g/mol. The first kappa shape index (κ1) is 18.1. The monoisotopic (exact) mass is 312 g/mol. The van der Waals surface area contributed by atoms with Crippen molar-refractivity contribution >= 4 is 10.2 Å². The summed E-state index contributed by atoms with van der Waals surface area (Å²) in [4.78, 5) is 0. The minimum atomic E-state index is -3.45. The molecule has 1 aromatic rings. The van der Waals surface area contributed by atoms with E-state index in [0.29, 0.717) is 0 Å². The van der Waals surface area contributed by atoms with Gasteiger partial charge in [0.1, 0.15) is 0 Å². The predicted molar refractivity (Wildman–Crippen MR) is 88.5 cm³/mol. The van der Waals surface area contributed by atoms with Gasteiger partial charge >= 0.3 is 0 Å². The van der Waals surface area contributed by atoms with Crippen LogP contribution in [-0.2, 0) is 15.6 Å². The molecule has 5 heteroatoms. The van der Waals surface area contributed by atoms with Crippen LogP contribution >= 0.6 is 0 Å². The molecule has 1 unspecified atom stereocenters. The van der Waals surface area contributed by atoms with Crippen molar-refractivity contribution < 1.29 is 8.42 Å². The number of nitrogens with one attached hydrogen (secondary N) is 1. The van der Waals surface area contributed by atoms with Crippen LogP contribution in [0.1, 0.15) is 51.8 Å². The highest BCUT2D eigenvalue weighted by Gasteiger charge is 2.24. The standard InChI is InChI=1S/C16H28N2O2S/c1-12(2)15(17-21(19,20)18(6)7)13-8-10-14(11-9-13)16(3,4)5/h8-12,15,17H,1-7H3. The van der Waals surface area contributed by atoms with Gasteiger partial charge in [-0.05, 0) is 22.5 Å². The molecule has 0 spiro atoms. The topological polar surface area (TPSA) is 49.4 Å². The van der Waals surface area contributed by atoms with Gasteiger partial charge in [-0.2, -0.15) is 17.4 Å². The van der Waals surface area contributed by atoms with E-state index in [2.05, 4.69) is 37.6 Å². The second kappa shape index (κ2) is 6.46.